The molecular weight excluding hydrogens is 282 g/mol. The van der Waals surface area contributed by atoms with Crippen molar-refractivity contribution in [2.45, 2.75) is 24.7 Å². The lowest BCUT2D eigenvalue weighted by atomic mass is 10.3. The van der Waals surface area contributed by atoms with Crippen molar-refractivity contribution in [1.29, 1.82) is 0 Å². The molecule has 1 aromatic carbocycles. The molecule has 8 heteroatoms. The fraction of sp³-hybridized carbons (Fsp3) is 0.417. The summed E-state index contributed by atoms with van der Waals surface area (Å²) in [5.41, 5.74) is 0.323. The second-order valence-electron chi connectivity index (χ2n) is 4.15. The van der Waals surface area contributed by atoms with Crippen LogP contribution in [0.15, 0.2) is 23.1 Å². The Hall–Kier alpha value is -1.80. The first kappa shape index (κ1) is 16.3. The van der Waals surface area contributed by atoms with Gasteiger partial charge in [0, 0.05) is 12.2 Å². The third-order valence-corrected chi connectivity index (χ3v) is 3.48. The number of carbonyl (C=O) groups is 1. The number of nitrogens with one attached hydrogen (secondary N) is 2. The predicted molar refractivity (Wildman–Crippen MR) is 76.3 cm³/mol. The van der Waals surface area contributed by atoms with Crippen molar-refractivity contribution in [2.75, 3.05) is 19.0 Å². The zero-order chi connectivity index (χ0) is 15.2. The lowest BCUT2D eigenvalue weighted by Gasteiger charge is -2.11. The molecule has 0 fully saturated rings. The van der Waals surface area contributed by atoms with Crippen molar-refractivity contribution in [3.8, 4) is 5.75 Å². The summed E-state index contributed by atoms with van der Waals surface area (Å²) in [6, 6.07) is 3.83. The molecule has 0 saturated carbocycles. The fourth-order valence-corrected chi connectivity index (χ4v) is 2.25. The fourth-order valence-electron chi connectivity index (χ4n) is 1.53. The molecule has 0 saturated heterocycles. The maximum absolute atomic E-state index is 11.6. The van der Waals surface area contributed by atoms with Gasteiger partial charge in [-0.25, -0.2) is 18.4 Å². The van der Waals surface area contributed by atoms with E-state index in [4.69, 9.17) is 9.88 Å². The topological polar surface area (TPSA) is 111 Å². The van der Waals surface area contributed by atoms with Gasteiger partial charge in [0.2, 0.25) is 10.0 Å². The van der Waals surface area contributed by atoms with Crippen molar-refractivity contribution in [3.05, 3.63) is 18.2 Å². The molecule has 0 heterocycles. The van der Waals surface area contributed by atoms with Gasteiger partial charge in [-0.3, -0.25) is 0 Å². The van der Waals surface area contributed by atoms with Crippen LogP contribution in [0, 0.1) is 0 Å². The number of sulfonamides is 1. The van der Waals surface area contributed by atoms with Crippen LogP contribution in [0.3, 0.4) is 0 Å². The molecule has 0 atom stereocenters. The Morgan fingerprint density at radius 1 is 1.40 bits per heavy atom. The van der Waals surface area contributed by atoms with Crippen LogP contribution in [-0.4, -0.2) is 28.1 Å². The van der Waals surface area contributed by atoms with Gasteiger partial charge in [-0.1, -0.05) is 13.3 Å². The summed E-state index contributed by atoms with van der Waals surface area (Å²) in [7, 11) is -2.58. The van der Waals surface area contributed by atoms with Crippen molar-refractivity contribution in [2.24, 2.45) is 5.14 Å². The van der Waals surface area contributed by atoms with Crippen LogP contribution < -0.4 is 20.5 Å². The Kier molecular flexibility index (Phi) is 5.78. The van der Waals surface area contributed by atoms with E-state index >= 15 is 0 Å². The molecule has 1 aromatic rings. The third kappa shape index (κ3) is 4.71. The first-order chi connectivity index (χ1) is 9.38. The number of anilines is 1. The van der Waals surface area contributed by atoms with Gasteiger partial charge in [-0.15, -0.1) is 0 Å². The molecule has 0 aliphatic rings. The van der Waals surface area contributed by atoms with E-state index in [2.05, 4.69) is 10.6 Å². The quantitative estimate of drug-likeness (QED) is 0.687. The number of urea groups is 1. The summed E-state index contributed by atoms with van der Waals surface area (Å²) in [6.07, 6.45) is 1.84. The molecule has 0 aliphatic heterocycles. The predicted octanol–water partition coefficient (Wildman–Crippen LogP) is 1.26. The highest BCUT2D eigenvalue weighted by Crippen LogP contribution is 2.25. The normalized spacial score (nSPS) is 10.9. The minimum atomic E-state index is -3.92. The second-order valence-corrected chi connectivity index (χ2v) is 5.67. The maximum atomic E-state index is 11.6. The monoisotopic (exact) mass is 301 g/mol. The largest absolute Gasteiger partial charge is 0.495 e. The van der Waals surface area contributed by atoms with Crippen LogP contribution in [0.2, 0.25) is 0 Å². The van der Waals surface area contributed by atoms with Gasteiger partial charge in [0.15, 0.2) is 0 Å². The molecule has 112 valence electrons. The number of nitrogens with two attached hydrogens (primary N) is 1. The van der Waals surface area contributed by atoms with Crippen LogP contribution in [-0.2, 0) is 10.0 Å². The van der Waals surface area contributed by atoms with Gasteiger partial charge in [0.25, 0.3) is 0 Å². The van der Waals surface area contributed by atoms with Crippen molar-refractivity contribution < 1.29 is 17.9 Å². The molecule has 0 spiro atoms. The maximum Gasteiger partial charge on any atom is 0.319 e. The average Bonchev–Trinajstić information content (AvgIpc) is 2.38. The highest BCUT2D eigenvalue weighted by molar-refractivity contribution is 7.89. The SMILES string of the molecule is CCCCNC(=O)Nc1ccc(OC)c(S(N)(=O)=O)c1. The highest BCUT2D eigenvalue weighted by atomic mass is 32.2. The van der Waals surface area contributed by atoms with E-state index in [1.165, 1.54) is 25.3 Å². The minimum Gasteiger partial charge on any atom is -0.495 e. The number of amides is 2. The number of primary sulfonamides is 1. The number of benzene rings is 1. The Bertz CT molecular complexity index is 572. The van der Waals surface area contributed by atoms with E-state index in [-0.39, 0.29) is 10.6 Å². The zero-order valence-corrected chi connectivity index (χ0v) is 12.3. The van der Waals surface area contributed by atoms with E-state index in [1.54, 1.807) is 0 Å². The number of unbranched alkanes of at least 4 members (excludes halogenated alkanes) is 1. The van der Waals surface area contributed by atoms with Gasteiger partial charge in [-0.2, -0.15) is 0 Å². The van der Waals surface area contributed by atoms with E-state index in [1.807, 2.05) is 6.92 Å². The second kappa shape index (κ2) is 7.11. The number of hydrogen-bond acceptors (Lipinski definition) is 4. The van der Waals surface area contributed by atoms with Crippen molar-refractivity contribution in [1.82, 2.24) is 5.32 Å². The molecule has 0 unspecified atom stereocenters. The van der Waals surface area contributed by atoms with Crippen LogP contribution in [0.5, 0.6) is 5.75 Å². The van der Waals surface area contributed by atoms with Gasteiger partial charge in [-0.05, 0) is 24.6 Å². The first-order valence-electron chi connectivity index (χ1n) is 6.14. The average molecular weight is 301 g/mol. The summed E-state index contributed by atoms with van der Waals surface area (Å²) in [4.78, 5) is 11.4. The van der Waals surface area contributed by atoms with Gasteiger partial charge >= 0.3 is 6.03 Å². The Morgan fingerprint density at radius 3 is 2.65 bits per heavy atom. The minimum absolute atomic E-state index is 0.129. The number of methoxy groups -OCH3 is 1. The molecule has 0 aromatic heterocycles. The molecule has 1 rings (SSSR count). The number of hydrogen-bond donors (Lipinski definition) is 3. The smallest absolute Gasteiger partial charge is 0.319 e. The summed E-state index contributed by atoms with van der Waals surface area (Å²) in [6.45, 7) is 2.57. The van der Waals surface area contributed by atoms with Crippen molar-refractivity contribution in [3.63, 3.8) is 0 Å². The van der Waals surface area contributed by atoms with Crippen LogP contribution in [0.1, 0.15) is 19.8 Å². The Balaban J connectivity index is 2.85. The molecule has 2 amide bonds. The van der Waals surface area contributed by atoms with Gasteiger partial charge in [0.1, 0.15) is 10.6 Å². The Labute approximate surface area is 118 Å². The van der Waals surface area contributed by atoms with Gasteiger partial charge < -0.3 is 15.4 Å². The molecule has 4 N–H and O–H groups in total. The van der Waals surface area contributed by atoms with E-state index in [0.717, 1.165) is 12.8 Å². The summed E-state index contributed by atoms with van der Waals surface area (Å²) in [5, 5.41) is 10.3. The molecule has 7 nitrogen and oxygen atoms in total. The highest BCUT2D eigenvalue weighted by Gasteiger charge is 2.16. The van der Waals surface area contributed by atoms with E-state index in [0.29, 0.717) is 12.2 Å². The molecule has 20 heavy (non-hydrogen) atoms. The van der Waals surface area contributed by atoms with Crippen molar-refractivity contribution >= 4 is 21.7 Å². The number of carbonyl (C=O) groups excluding carboxylic acids is 1. The molecular formula is C12H19N3O4S. The van der Waals surface area contributed by atoms with E-state index in [9.17, 15) is 13.2 Å². The Morgan fingerprint density at radius 2 is 2.10 bits per heavy atom. The van der Waals surface area contributed by atoms with Crippen LogP contribution in [0.25, 0.3) is 0 Å². The van der Waals surface area contributed by atoms with Crippen LogP contribution in [0.4, 0.5) is 10.5 Å². The summed E-state index contributed by atoms with van der Waals surface area (Å²) in [5.74, 6) is 0.129. The standard InChI is InChI=1S/C12H19N3O4S/c1-3-4-7-14-12(16)15-9-5-6-10(19-2)11(8-9)20(13,17)18/h5-6,8H,3-4,7H2,1-2H3,(H2,13,17,18)(H2,14,15,16). The third-order valence-electron chi connectivity index (χ3n) is 2.54. The van der Waals surface area contributed by atoms with Gasteiger partial charge in [0.05, 0.1) is 7.11 Å². The first-order valence-corrected chi connectivity index (χ1v) is 7.68. The lowest BCUT2D eigenvalue weighted by molar-refractivity contribution is 0.252. The molecule has 0 radical (unpaired) electrons. The summed E-state index contributed by atoms with van der Waals surface area (Å²) < 4.78 is 27.8. The molecule has 0 aliphatic carbocycles. The number of rotatable bonds is 6. The lowest BCUT2D eigenvalue weighted by Crippen LogP contribution is -2.29. The van der Waals surface area contributed by atoms with E-state index < -0.39 is 16.1 Å². The molecule has 0 bridgehead atoms. The summed E-state index contributed by atoms with van der Waals surface area (Å²) >= 11 is 0. The number of ether oxygens (including phenoxy) is 1. The zero-order valence-electron chi connectivity index (χ0n) is 11.5. The van der Waals surface area contributed by atoms with Crippen LogP contribution >= 0.6 is 0 Å².